The monoisotopic (exact) mass is 312 g/mol. The van der Waals surface area contributed by atoms with Crippen molar-refractivity contribution < 1.29 is 8.42 Å². The number of nitrogens with zero attached hydrogens (tertiary/aromatic N) is 1. The van der Waals surface area contributed by atoms with E-state index in [0.29, 0.717) is 13.0 Å². The third-order valence-electron chi connectivity index (χ3n) is 3.47. The van der Waals surface area contributed by atoms with Crippen LogP contribution in [0.1, 0.15) is 5.56 Å². The number of rotatable bonds is 5. The molecule has 0 saturated carbocycles. The Morgan fingerprint density at radius 3 is 2.59 bits per heavy atom. The first-order valence-corrected chi connectivity index (χ1v) is 8.51. The van der Waals surface area contributed by atoms with E-state index in [0.717, 1.165) is 16.3 Å². The number of pyridine rings is 1. The molecule has 0 aliphatic rings. The fraction of sp³-hybridized carbons (Fsp3) is 0.118. The second-order valence-corrected chi connectivity index (χ2v) is 6.78. The van der Waals surface area contributed by atoms with Gasteiger partial charge in [0.05, 0.1) is 4.90 Å². The van der Waals surface area contributed by atoms with Crippen LogP contribution in [0, 0.1) is 0 Å². The predicted octanol–water partition coefficient (Wildman–Crippen LogP) is 2.76. The zero-order valence-electron chi connectivity index (χ0n) is 11.9. The van der Waals surface area contributed by atoms with Gasteiger partial charge in [0.25, 0.3) is 0 Å². The van der Waals surface area contributed by atoms with Gasteiger partial charge in [0, 0.05) is 24.3 Å². The zero-order valence-corrected chi connectivity index (χ0v) is 12.8. The fourth-order valence-corrected chi connectivity index (χ4v) is 3.35. The summed E-state index contributed by atoms with van der Waals surface area (Å²) in [5.74, 6) is 0. The zero-order chi connectivity index (χ0) is 15.4. The Morgan fingerprint density at radius 1 is 0.955 bits per heavy atom. The van der Waals surface area contributed by atoms with Gasteiger partial charge in [-0.2, -0.15) is 0 Å². The van der Waals surface area contributed by atoms with Crippen molar-refractivity contribution in [2.24, 2.45) is 0 Å². The van der Waals surface area contributed by atoms with Crippen LogP contribution in [0.4, 0.5) is 0 Å². The first kappa shape index (κ1) is 14.7. The van der Waals surface area contributed by atoms with E-state index in [-0.39, 0.29) is 4.90 Å². The van der Waals surface area contributed by atoms with Crippen molar-refractivity contribution in [3.05, 3.63) is 72.6 Å². The lowest BCUT2D eigenvalue weighted by molar-refractivity contribution is 0.582. The molecule has 0 fully saturated rings. The van der Waals surface area contributed by atoms with Gasteiger partial charge in [-0.05, 0) is 35.6 Å². The highest BCUT2D eigenvalue weighted by atomic mass is 32.2. The molecule has 1 aromatic heterocycles. The molecule has 0 aliphatic heterocycles. The van der Waals surface area contributed by atoms with Crippen LogP contribution in [0.25, 0.3) is 10.8 Å². The molecule has 0 aliphatic carbocycles. The minimum Gasteiger partial charge on any atom is -0.264 e. The normalized spacial score (nSPS) is 11.6. The Balaban J connectivity index is 1.74. The van der Waals surface area contributed by atoms with Crippen molar-refractivity contribution in [1.29, 1.82) is 0 Å². The Morgan fingerprint density at radius 2 is 1.77 bits per heavy atom. The average Bonchev–Trinajstić information content (AvgIpc) is 2.55. The van der Waals surface area contributed by atoms with E-state index in [1.54, 1.807) is 30.6 Å². The Bertz CT molecular complexity index is 877. The number of hydrogen-bond acceptors (Lipinski definition) is 3. The maximum atomic E-state index is 12.3. The SMILES string of the molecule is O=S(=O)(NCCc1ccccc1)c1ccc2ccncc2c1. The molecule has 5 heteroatoms. The smallest absolute Gasteiger partial charge is 0.240 e. The number of aromatic nitrogens is 1. The van der Waals surface area contributed by atoms with E-state index in [1.165, 1.54) is 0 Å². The van der Waals surface area contributed by atoms with Crippen LogP contribution in [0.3, 0.4) is 0 Å². The molecule has 22 heavy (non-hydrogen) atoms. The lowest BCUT2D eigenvalue weighted by Crippen LogP contribution is -2.25. The van der Waals surface area contributed by atoms with Crippen molar-refractivity contribution in [2.75, 3.05) is 6.54 Å². The standard InChI is InChI=1S/C17H16N2O2S/c20-22(21,19-11-8-14-4-2-1-3-5-14)17-7-6-15-9-10-18-13-16(15)12-17/h1-7,9-10,12-13,19H,8,11H2. The molecule has 3 rings (SSSR count). The molecule has 0 radical (unpaired) electrons. The van der Waals surface area contributed by atoms with Gasteiger partial charge >= 0.3 is 0 Å². The van der Waals surface area contributed by atoms with E-state index < -0.39 is 10.0 Å². The summed E-state index contributed by atoms with van der Waals surface area (Å²) in [4.78, 5) is 4.29. The number of benzene rings is 2. The highest BCUT2D eigenvalue weighted by molar-refractivity contribution is 7.89. The summed E-state index contributed by atoms with van der Waals surface area (Å²) >= 11 is 0. The molecule has 3 aromatic rings. The van der Waals surface area contributed by atoms with Crippen LogP contribution in [0.5, 0.6) is 0 Å². The summed E-state index contributed by atoms with van der Waals surface area (Å²) in [6.45, 7) is 0.372. The van der Waals surface area contributed by atoms with Crippen molar-refractivity contribution >= 4 is 20.8 Å². The fourth-order valence-electron chi connectivity index (χ4n) is 2.29. The van der Waals surface area contributed by atoms with Crippen molar-refractivity contribution in [2.45, 2.75) is 11.3 Å². The van der Waals surface area contributed by atoms with Crippen LogP contribution in [-0.2, 0) is 16.4 Å². The van der Waals surface area contributed by atoms with E-state index >= 15 is 0 Å². The van der Waals surface area contributed by atoms with Crippen LogP contribution >= 0.6 is 0 Å². The second kappa shape index (κ2) is 6.25. The van der Waals surface area contributed by atoms with Crippen molar-refractivity contribution in [3.8, 4) is 0 Å². The van der Waals surface area contributed by atoms with Crippen LogP contribution < -0.4 is 4.72 Å². The topological polar surface area (TPSA) is 59.1 Å². The molecule has 0 atom stereocenters. The second-order valence-electron chi connectivity index (χ2n) is 5.02. The summed E-state index contributed by atoms with van der Waals surface area (Å²) in [5.41, 5.74) is 1.10. The number of nitrogens with one attached hydrogen (secondary N) is 1. The first-order chi connectivity index (χ1) is 10.6. The average molecular weight is 312 g/mol. The number of hydrogen-bond donors (Lipinski definition) is 1. The minimum absolute atomic E-state index is 0.265. The Kier molecular flexibility index (Phi) is 4.18. The third-order valence-corrected chi connectivity index (χ3v) is 4.93. The van der Waals surface area contributed by atoms with Gasteiger partial charge in [-0.3, -0.25) is 4.98 Å². The maximum Gasteiger partial charge on any atom is 0.240 e. The molecule has 0 unspecified atom stereocenters. The molecule has 1 heterocycles. The Labute approximate surface area is 129 Å². The molecule has 0 saturated heterocycles. The number of sulfonamides is 1. The molecule has 0 bridgehead atoms. The van der Waals surface area contributed by atoms with Crippen molar-refractivity contribution in [3.63, 3.8) is 0 Å². The predicted molar refractivity (Wildman–Crippen MR) is 87.1 cm³/mol. The van der Waals surface area contributed by atoms with E-state index in [4.69, 9.17) is 0 Å². The van der Waals surface area contributed by atoms with Gasteiger partial charge in [-0.1, -0.05) is 36.4 Å². The summed E-state index contributed by atoms with van der Waals surface area (Å²) in [6, 6.07) is 16.7. The quantitative estimate of drug-likeness (QED) is 0.788. The molecular weight excluding hydrogens is 296 g/mol. The molecule has 4 nitrogen and oxygen atoms in total. The van der Waals surface area contributed by atoms with Crippen LogP contribution in [0.2, 0.25) is 0 Å². The summed E-state index contributed by atoms with van der Waals surface area (Å²) in [5, 5.41) is 1.78. The number of fused-ring (bicyclic) bond motifs is 1. The van der Waals surface area contributed by atoms with E-state index in [9.17, 15) is 8.42 Å². The van der Waals surface area contributed by atoms with Gasteiger partial charge in [0.1, 0.15) is 0 Å². The van der Waals surface area contributed by atoms with Gasteiger partial charge in [-0.15, -0.1) is 0 Å². The molecule has 2 aromatic carbocycles. The van der Waals surface area contributed by atoms with Gasteiger partial charge in [-0.25, -0.2) is 13.1 Å². The molecule has 1 N–H and O–H groups in total. The summed E-state index contributed by atoms with van der Waals surface area (Å²) < 4.78 is 27.3. The van der Waals surface area contributed by atoms with E-state index in [1.807, 2.05) is 36.4 Å². The van der Waals surface area contributed by atoms with Gasteiger partial charge in [0.2, 0.25) is 10.0 Å². The first-order valence-electron chi connectivity index (χ1n) is 7.02. The van der Waals surface area contributed by atoms with Gasteiger partial charge in [0.15, 0.2) is 0 Å². The molecule has 0 amide bonds. The lowest BCUT2D eigenvalue weighted by atomic mass is 10.2. The maximum absolute atomic E-state index is 12.3. The van der Waals surface area contributed by atoms with Gasteiger partial charge < -0.3 is 0 Å². The molecular formula is C17H16N2O2S. The highest BCUT2D eigenvalue weighted by Gasteiger charge is 2.13. The summed E-state index contributed by atoms with van der Waals surface area (Å²) in [6.07, 6.45) is 4.02. The van der Waals surface area contributed by atoms with E-state index in [2.05, 4.69) is 9.71 Å². The molecule has 0 spiro atoms. The third kappa shape index (κ3) is 3.32. The minimum atomic E-state index is -3.50. The molecule has 112 valence electrons. The van der Waals surface area contributed by atoms with Crippen LogP contribution in [-0.4, -0.2) is 19.9 Å². The van der Waals surface area contributed by atoms with Crippen LogP contribution in [0.15, 0.2) is 71.9 Å². The lowest BCUT2D eigenvalue weighted by Gasteiger charge is -2.08. The largest absolute Gasteiger partial charge is 0.264 e. The van der Waals surface area contributed by atoms with Crippen molar-refractivity contribution in [1.82, 2.24) is 9.71 Å². The highest BCUT2D eigenvalue weighted by Crippen LogP contribution is 2.17. The summed E-state index contributed by atoms with van der Waals surface area (Å²) in [7, 11) is -3.50. The Hall–Kier alpha value is -2.24.